The molecule has 0 radical (unpaired) electrons. The van der Waals surface area contributed by atoms with Crippen LogP contribution in [0, 0.1) is 18.3 Å². The van der Waals surface area contributed by atoms with E-state index in [9.17, 15) is 13.7 Å². The van der Waals surface area contributed by atoms with Gasteiger partial charge < -0.3 is 24.7 Å². The van der Waals surface area contributed by atoms with Crippen molar-refractivity contribution in [3.05, 3.63) is 64.1 Å². The summed E-state index contributed by atoms with van der Waals surface area (Å²) in [5, 5.41) is 9.95. The van der Waals surface area contributed by atoms with Crippen molar-refractivity contribution >= 4 is 15.6 Å². The van der Waals surface area contributed by atoms with Crippen molar-refractivity contribution in [3.63, 3.8) is 0 Å². The molecule has 0 aliphatic carbocycles. The van der Waals surface area contributed by atoms with Crippen molar-refractivity contribution in [1.82, 2.24) is 0 Å². The predicted molar refractivity (Wildman–Crippen MR) is 122 cm³/mol. The summed E-state index contributed by atoms with van der Waals surface area (Å²) in [5.41, 5.74) is 9.01. The Kier molecular flexibility index (Phi) is 5.72. The Labute approximate surface area is 192 Å². The molecular weight excluding hydrogens is 444 g/mol. The minimum Gasteiger partial charge on any atom is -0.493 e. The lowest BCUT2D eigenvalue weighted by Crippen LogP contribution is -2.21. The first-order valence-corrected chi connectivity index (χ1v) is 11.8. The summed E-state index contributed by atoms with van der Waals surface area (Å²) in [4.78, 5) is 0.190. The first-order valence-electron chi connectivity index (χ1n) is 10.2. The maximum Gasteiger partial charge on any atom is 0.205 e. The summed E-state index contributed by atoms with van der Waals surface area (Å²) in [6, 6.07) is 10.7. The molecule has 2 aliphatic rings. The Bertz CT molecular complexity index is 1330. The summed E-state index contributed by atoms with van der Waals surface area (Å²) >= 11 is 0. The van der Waals surface area contributed by atoms with E-state index in [1.807, 2.05) is 6.92 Å². The molecule has 2 aliphatic heterocycles. The van der Waals surface area contributed by atoms with Gasteiger partial charge in [-0.2, -0.15) is 5.26 Å². The fourth-order valence-corrected chi connectivity index (χ4v) is 5.84. The average Bonchev–Trinajstić information content (AvgIpc) is 2.91. The molecule has 8 nitrogen and oxygen atoms in total. The van der Waals surface area contributed by atoms with Crippen molar-refractivity contribution in [2.75, 3.05) is 27.1 Å². The van der Waals surface area contributed by atoms with Gasteiger partial charge in [-0.15, -0.1) is 0 Å². The fourth-order valence-electron chi connectivity index (χ4n) is 4.37. The van der Waals surface area contributed by atoms with Crippen LogP contribution in [0.2, 0.25) is 0 Å². The molecule has 1 atom stereocenters. The number of ether oxygens (including phenoxy) is 4. The predicted octanol–water partition coefficient (Wildman–Crippen LogP) is 3.42. The fraction of sp³-hybridized carbons (Fsp3) is 0.292. The van der Waals surface area contributed by atoms with Crippen LogP contribution in [0.15, 0.2) is 52.3 Å². The number of sulfone groups is 1. The number of nitriles is 1. The molecule has 0 aromatic heterocycles. The molecule has 0 saturated heterocycles. The minimum absolute atomic E-state index is 0.0678. The number of allylic oxidation sites excluding steroid dienone is 2. The monoisotopic (exact) mass is 468 g/mol. The van der Waals surface area contributed by atoms with Crippen LogP contribution in [-0.2, 0) is 14.6 Å². The molecule has 172 valence electrons. The van der Waals surface area contributed by atoms with Crippen LogP contribution >= 0.6 is 0 Å². The highest BCUT2D eigenvalue weighted by Gasteiger charge is 2.38. The van der Waals surface area contributed by atoms with Gasteiger partial charge in [0.2, 0.25) is 11.6 Å². The van der Waals surface area contributed by atoms with Crippen LogP contribution in [0.25, 0.3) is 5.76 Å². The largest absolute Gasteiger partial charge is 0.493 e. The molecular formula is C24H24N2O6S. The van der Waals surface area contributed by atoms with Crippen molar-refractivity contribution in [2.24, 2.45) is 5.73 Å². The van der Waals surface area contributed by atoms with Crippen LogP contribution < -0.4 is 19.9 Å². The summed E-state index contributed by atoms with van der Waals surface area (Å²) in [5.74, 6) is 0.763. The van der Waals surface area contributed by atoms with Gasteiger partial charge in [-0.3, -0.25) is 0 Å². The van der Waals surface area contributed by atoms with Crippen LogP contribution in [0.4, 0.5) is 0 Å². The molecule has 0 saturated carbocycles. The van der Waals surface area contributed by atoms with E-state index >= 15 is 0 Å². The van der Waals surface area contributed by atoms with Crippen LogP contribution in [0.1, 0.15) is 29.0 Å². The quantitative estimate of drug-likeness (QED) is 0.725. The first-order chi connectivity index (χ1) is 15.7. The number of hydrogen-bond donors (Lipinski definition) is 1. The molecule has 0 bridgehead atoms. The highest BCUT2D eigenvalue weighted by Crippen LogP contribution is 2.49. The van der Waals surface area contributed by atoms with E-state index < -0.39 is 15.8 Å². The Morgan fingerprint density at radius 3 is 2.33 bits per heavy atom. The number of nitrogens with two attached hydrogens (primary N) is 1. The highest BCUT2D eigenvalue weighted by atomic mass is 32.2. The maximum absolute atomic E-state index is 13.1. The Hall–Kier alpha value is -3.64. The van der Waals surface area contributed by atoms with E-state index in [1.54, 1.807) is 30.3 Å². The Morgan fingerprint density at radius 2 is 1.76 bits per heavy atom. The van der Waals surface area contributed by atoms with E-state index in [0.29, 0.717) is 39.7 Å². The van der Waals surface area contributed by atoms with Gasteiger partial charge in [-0.1, -0.05) is 11.6 Å². The van der Waals surface area contributed by atoms with Crippen LogP contribution in [-0.4, -0.2) is 35.5 Å². The number of hydrogen-bond acceptors (Lipinski definition) is 8. The van der Waals surface area contributed by atoms with E-state index in [4.69, 9.17) is 24.7 Å². The van der Waals surface area contributed by atoms with Crippen molar-refractivity contribution < 1.29 is 27.4 Å². The molecule has 4 rings (SSSR count). The standard InChI is InChI=1S/C24H24N2O6S/c1-13-5-6-20-16(9-13)22-15(7-8-33(20,27)28)21(17(12-25)24(26)32-22)14-10-18(29-2)23(31-4)19(11-14)30-3/h5-6,9-11,21H,7-8,26H2,1-4H3/t21-/m0/s1. The van der Waals surface area contributed by atoms with Crippen molar-refractivity contribution in [3.8, 4) is 23.3 Å². The highest BCUT2D eigenvalue weighted by molar-refractivity contribution is 7.91. The molecule has 2 aromatic rings. The molecule has 0 amide bonds. The molecule has 0 fully saturated rings. The lowest BCUT2D eigenvalue weighted by Gasteiger charge is -2.29. The Balaban J connectivity index is 2.02. The SMILES string of the molecule is COc1cc([C@@H]2C(C#N)=C(N)OC3=C2CCS(=O)(=O)c2ccc(C)cc23)cc(OC)c1OC. The van der Waals surface area contributed by atoms with E-state index in [1.165, 1.54) is 21.3 Å². The number of aryl methyl sites for hydroxylation is 1. The molecule has 2 heterocycles. The number of methoxy groups -OCH3 is 3. The molecule has 2 aromatic carbocycles. The third-order valence-electron chi connectivity index (χ3n) is 5.90. The Morgan fingerprint density at radius 1 is 1.09 bits per heavy atom. The number of nitrogens with zero attached hydrogens (tertiary/aromatic N) is 1. The maximum atomic E-state index is 13.1. The van der Waals surface area contributed by atoms with Gasteiger partial charge in [0, 0.05) is 11.5 Å². The molecule has 0 unspecified atom stereocenters. The normalized spacial score (nSPS) is 18.9. The minimum atomic E-state index is -3.57. The van der Waals surface area contributed by atoms with Gasteiger partial charge in [0.1, 0.15) is 17.4 Å². The number of fused-ring (bicyclic) bond motifs is 2. The van der Waals surface area contributed by atoms with E-state index in [0.717, 1.165) is 5.56 Å². The number of benzene rings is 2. The van der Waals surface area contributed by atoms with Gasteiger partial charge in [-0.05, 0) is 48.7 Å². The van der Waals surface area contributed by atoms with Crippen molar-refractivity contribution in [1.29, 1.82) is 5.26 Å². The molecule has 0 spiro atoms. The molecule has 33 heavy (non-hydrogen) atoms. The topological polar surface area (TPSA) is 121 Å². The van der Waals surface area contributed by atoms with Gasteiger partial charge in [0.05, 0.1) is 32.0 Å². The smallest absolute Gasteiger partial charge is 0.205 e. The lowest BCUT2D eigenvalue weighted by atomic mass is 9.80. The third kappa shape index (κ3) is 3.66. The van der Waals surface area contributed by atoms with E-state index in [2.05, 4.69) is 6.07 Å². The second-order valence-corrected chi connectivity index (χ2v) is 9.88. The second kappa shape index (κ2) is 8.37. The lowest BCUT2D eigenvalue weighted by molar-refractivity contribution is 0.323. The number of rotatable bonds is 4. The molecule has 9 heteroatoms. The van der Waals surface area contributed by atoms with Gasteiger partial charge >= 0.3 is 0 Å². The van der Waals surface area contributed by atoms with Crippen LogP contribution in [0.3, 0.4) is 0 Å². The zero-order valence-electron chi connectivity index (χ0n) is 18.8. The summed E-state index contributed by atoms with van der Waals surface area (Å²) in [7, 11) is 0.937. The van der Waals surface area contributed by atoms with Crippen LogP contribution in [0.5, 0.6) is 17.2 Å². The zero-order chi connectivity index (χ0) is 23.9. The average molecular weight is 469 g/mol. The molecule has 2 N–H and O–H groups in total. The first kappa shape index (κ1) is 22.6. The van der Waals surface area contributed by atoms with Gasteiger partial charge in [0.15, 0.2) is 21.3 Å². The second-order valence-electron chi connectivity index (χ2n) is 7.81. The summed E-state index contributed by atoms with van der Waals surface area (Å²) in [6.07, 6.45) is 0.172. The van der Waals surface area contributed by atoms with E-state index in [-0.39, 0.29) is 28.5 Å². The summed E-state index contributed by atoms with van der Waals surface area (Å²) < 4.78 is 48.4. The summed E-state index contributed by atoms with van der Waals surface area (Å²) in [6.45, 7) is 1.87. The van der Waals surface area contributed by atoms with Gasteiger partial charge in [0.25, 0.3) is 0 Å². The third-order valence-corrected chi connectivity index (χ3v) is 7.67. The van der Waals surface area contributed by atoms with Crippen molar-refractivity contribution in [2.45, 2.75) is 24.2 Å². The zero-order valence-corrected chi connectivity index (χ0v) is 19.6. The van der Waals surface area contributed by atoms with Gasteiger partial charge in [-0.25, -0.2) is 8.42 Å².